The molecule has 0 saturated carbocycles. The van der Waals surface area contributed by atoms with Gasteiger partial charge in [0.05, 0.1) is 6.54 Å². The van der Waals surface area contributed by atoms with Crippen molar-refractivity contribution in [2.45, 2.75) is 6.54 Å². The average molecular weight is 336 g/mol. The highest BCUT2D eigenvalue weighted by Crippen LogP contribution is 2.16. The molecule has 1 aromatic rings. The highest BCUT2D eigenvalue weighted by molar-refractivity contribution is 14.1. The second-order valence-corrected chi connectivity index (χ2v) is 5.35. The molecule has 0 bridgehead atoms. The SMILES string of the molecule is Fc1c(I)cccc1CNC1=NCCS1. The van der Waals surface area contributed by atoms with Gasteiger partial charge in [-0.2, -0.15) is 0 Å². The third-order valence-corrected chi connectivity index (χ3v) is 3.81. The van der Waals surface area contributed by atoms with E-state index in [1.54, 1.807) is 23.9 Å². The van der Waals surface area contributed by atoms with E-state index >= 15 is 0 Å². The van der Waals surface area contributed by atoms with E-state index < -0.39 is 0 Å². The predicted octanol–water partition coefficient (Wildman–Crippen LogP) is 2.62. The Morgan fingerprint density at radius 2 is 2.40 bits per heavy atom. The minimum Gasteiger partial charge on any atom is -0.361 e. The number of nitrogens with one attached hydrogen (secondary N) is 1. The fourth-order valence-corrected chi connectivity index (χ4v) is 2.58. The molecule has 1 aliphatic heterocycles. The summed E-state index contributed by atoms with van der Waals surface area (Å²) in [4.78, 5) is 4.25. The summed E-state index contributed by atoms with van der Waals surface area (Å²) in [7, 11) is 0. The molecule has 0 aromatic heterocycles. The summed E-state index contributed by atoms with van der Waals surface area (Å²) in [6, 6.07) is 5.43. The summed E-state index contributed by atoms with van der Waals surface area (Å²) >= 11 is 3.69. The van der Waals surface area contributed by atoms with Gasteiger partial charge >= 0.3 is 0 Å². The molecule has 1 aliphatic rings. The van der Waals surface area contributed by atoms with Crippen LogP contribution in [-0.4, -0.2) is 17.5 Å². The number of thioether (sulfide) groups is 1. The fraction of sp³-hybridized carbons (Fsp3) is 0.300. The molecule has 0 atom stereocenters. The van der Waals surface area contributed by atoms with Gasteiger partial charge in [-0.05, 0) is 28.7 Å². The minimum atomic E-state index is -0.130. The monoisotopic (exact) mass is 336 g/mol. The number of amidine groups is 1. The molecule has 2 rings (SSSR count). The summed E-state index contributed by atoms with van der Waals surface area (Å²) in [6.45, 7) is 1.37. The third-order valence-electron chi connectivity index (χ3n) is 2.05. The number of halogens is 2. The lowest BCUT2D eigenvalue weighted by molar-refractivity contribution is 0.599. The van der Waals surface area contributed by atoms with Crippen LogP contribution in [0.5, 0.6) is 0 Å². The van der Waals surface area contributed by atoms with Crippen molar-refractivity contribution in [2.24, 2.45) is 4.99 Å². The van der Waals surface area contributed by atoms with Gasteiger partial charge in [-0.25, -0.2) is 4.39 Å². The van der Waals surface area contributed by atoms with Gasteiger partial charge in [0.15, 0.2) is 5.17 Å². The number of hydrogen-bond donors (Lipinski definition) is 1. The van der Waals surface area contributed by atoms with Crippen LogP contribution >= 0.6 is 34.4 Å². The fourth-order valence-electron chi connectivity index (χ4n) is 1.30. The zero-order valence-corrected chi connectivity index (χ0v) is 10.9. The van der Waals surface area contributed by atoms with Crippen LogP contribution in [0.1, 0.15) is 5.56 Å². The minimum absolute atomic E-state index is 0.130. The highest BCUT2D eigenvalue weighted by atomic mass is 127. The van der Waals surface area contributed by atoms with Crippen molar-refractivity contribution in [3.8, 4) is 0 Å². The summed E-state index contributed by atoms with van der Waals surface area (Å²) in [6.07, 6.45) is 0. The molecular formula is C10H10FIN2S. The second-order valence-electron chi connectivity index (χ2n) is 3.10. The number of rotatable bonds is 2. The van der Waals surface area contributed by atoms with Crippen LogP contribution in [0.2, 0.25) is 0 Å². The molecule has 5 heteroatoms. The number of aliphatic imine (C=N–C) groups is 1. The topological polar surface area (TPSA) is 24.4 Å². The van der Waals surface area contributed by atoms with Crippen molar-refractivity contribution in [3.63, 3.8) is 0 Å². The Kier molecular flexibility index (Phi) is 3.85. The van der Waals surface area contributed by atoms with Crippen molar-refractivity contribution >= 4 is 39.5 Å². The van der Waals surface area contributed by atoms with Gasteiger partial charge in [-0.1, -0.05) is 23.9 Å². The maximum atomic E-state index is 13.6. The Bertz CT molecular complexity index is 395. The quantitative estimate of drug-likeness (QED) is 0.840. The van der Waals surface area contributed by atoms with E-state index in [0.29, 0.717) is 15.7 Å². The zero-order chi connectivity index (χ0) is 10.7. The normalized spacial score (nSPS) is 15.2. The van der Waals surface area contributed by atoms with Crippen LogP contribution in [0.25, 0.3) is 0 Å². The van der Waals surface area contributed by atoms with Crippen LogP contribution in [-0.2, 0) is 6.54 Å². The van der Waals surface area contributed by atoms with Crippen LogP contribution in [0.3, 0.4) is 0 Å². The summed E-state index contributed by atoms with van der Waals surface area (Å²) in [5.41, 5.74) is 0.692. The molecule has 15 heavy (non-hydrogen) atoms. The molecular weight excluding hydrogens is 326 g/mol. The molecule has 0 aliphatic carbocycles. The van der Waals surface area contributed by atoms with Crippen molar-refractivity contribution in [3.05, 3.63) is 33.1 Å². The summed E-state index contributed by atoms with van der Waals surface area (Å²) < 4.78 is 14.2. The molecule has 0 saturated heterocycles. The molecule has 2 nitrogen and oxygen atoms in total. The largest absolute Gasteiger partial charge is 0.361 e. The van der Waals surface area contributed by atoms with E-state index in [9.17, 15) is 4.39 Å². The van der Waals surface area contributed by atoms with Gasteiger partial charge in [-0.3, -0.25) is 4.99 Å². The van der Waals surface area contributed by atoms with Crippen LogP contribution in [0.15, 0.2) is 23.2 Å². The van der Waals surface area contributed by atoms with Crippen LogP contribution < -0.4 is 5.32 Å². The smallest absolute Gasteiger partial charge is 0.156 e. The van der Waals surface area contributed by atoms with E-state index in [1.165, 1.54) is 0 Å². The number of hydrogen-bond acceptors (Lipinski definition) is 3. The third kappa shape index (κ3) is 2.84. The number of nitrogens with zero attached hydrogens (tertiary/aromatic N) is 1. The summed E-state index contributed by atoms with van der Waals surface area (Å²) in [5, 5.41) is 4.06. The van der Waals surface area contributed by atoms with E-state index in [0.717, 1.165) is 17.5 Å². The van der Waals surface area contributed by atoms with E-state index in [1.807, 2.05) is 28.7 Å². The molecule has 80 valence electrons. The van der Waals surface area contributed by atoms with Crippen molar-refractivity contribution in [2.75, 3.05) is 12.3 Å². The molecule has 0 radical (unpaired) electrons. The van der Waals surface area contributed by atoms with Crippen molar-refractivity contribution in [1.82, 2.24) is 5.32 Å². The molecule has 1 aromatic carbocycles. The Balaban J connectivity index is 2.01. The lowest BCUT2D eigenvalue weighted by Crippen LogP contribution is -2.19. The van der Waals surface area contributed by atoms with E-state index in [-0.39, 0.29) is 5.82 Å². The highest BCUT2D eigenvalue weighted by Gasteiger charge is 2.09. The van der Waals surface area contributed by atoms with Gasteiger partial charge in [-0.15, -0.1) is 0 Å². The first-order chi connectivity index (χ1) is 7.27. The Morgan fingerprint density at radius 1 is 1.53 bits per heavy atom. The van der Waals surface area contributed by atoms with Crippen molar-refractivity contribution in [1.29, 1.82) is 0 Å². The predicted molar refractivity (Wildman–Crippen MR) is 70.7 cm³/mol. The Labute approximate surface area is 106 Å². The van der Waals surface area contributed by atoms with E-state index in [2.05, 4.69) is 10.3 Å². The molecule has 0 fully saturated rings. The van der Waals surface area contributed by atoms with Gasteiger partial charge < -0.3 is 5.32 Å². The molecule has 0 spiro atoms. The first kappa shape index (κ1) is 11.2. The van der Waals surface area contributed by atoms with Gasteiger partial charge in [0.25, 0.3) is 0 Å². The second kappa shape index (κ2) is 5.16. The van der Waals surface area contributed by atoms with E-state index in [4.69, 9.17) is 0 Å². The maximum absolute atomic E-state index is 13.6. The van der Waals surface area contributed by atoms with Crippen LogP contribution in [0, 0.1) is 9.39 Å². The standard InChI is InChI=1S/C10H10FIN2S/c11-9-7(2-1-3-8(9)12)6-14-10-13-4-5-15-10/h1-3H,4-6H2,(H,13,14). The Morgan fingerprint density at radius 3 is 3.13 bits per heavy atom. The van der Waals surface area contributed by atoms with Gasteiger partial charge in [0.1, 0.15) is 5.82 Å². The lowest BCUT2D eigenvalue weighted by Gasteiger charge is -2.06. The molecule has 0 unspecified atom stereocenters. The maximum Gasteiger partial charge on any atom is 0.156 e. The van der Waals surface area contributed by atoms with Gasteiger partial charge in [0, 0.05) is 21.4 Å². The van der Waals surface area contributed by atoms with Crippen molar-refractivity contribution < 1.29 is 4.39 Å². The molecule has 0 amide bonds. The Hall–Kier alpha value is -0.300. The first-order valence-corrected chi connectivity index (χ1v) is 6.68. The molecule has 1 N–H and O–H groups in total. The van der Waals surface area contributed by atoms with Crippen LogP contribution in [0.4, 0.5) is 4.39 Å². The average Bonchev–Trinajstić information content (AvgIpc) is 2.73. The zero-order valence-electron chi connectivity index (χ0n) is 7.96. The number of benzene rings is 1. The lowest BCUT2D eigenvalue weighted by atomic mass is 10.2. The summed E-state index contributed by atoms with van der Waals surface area (Å²) in [5.74, 6) is 0.895. The molecule has 1 heterocycles. The van der Waals surface area contributed by atoms with Gasteiger partial charge in [0.2, 0.25) is 0 Å². The first-order valence-electron chi connectivity index (χ1n) is 4.61.